The Hall–Kier alpha value is -3.79. The summed E-state index contributed by atoms with van der Waals surface area (Å²) < 4.78 is 0. The summed E-state index contributed by atoms with van der Waals surface area (Å²) in [5.74, 6) is 0.412. The first kappa shape index (κ1) is 15.5. The number of hydrogen-bond acceptors (Lipinski definition) is 2. The Morgan fingerprint density at radius 1 is 0.741 bits per heavy atom. The van der Waals surface area contributed by atoms with Crippen LogP contribution >= 0.6 is 0 Å². The van der Waals surface area contributed by atoms with Crippen molar-refractivity contribution in [3.05, 3.63) is 77.9 Å². The molecule has 0 radical (unpaired) electrons. The first-order valence-corrected chi connectivity index (χ1v) is 8.78. The van der Waals surface area contributed by atoms with E-state index in [0.29, 0.717) is 0 Å². The fourth-order valence-electron chi connectivity index (χ4n) is 3.72. The summed E-state index contributed by atoms with van der Waals surface area (Å²) in [6.07, 6.45) is 4.19. The molecule has 4 heteroatoms. The highest BCUT2D eigenvalue weighted by Crippen LogP contribution is 2.36. The van der Waals surface area contributed by atoms with Gasteiger partial charge in [0.1, 0.15) is 5.75 Å². The van der Waals surface area contributed by atoms with Gasteiger partial charge in [-0.2, -0.15) is 0 Å². The van der Waals surface area contributed by atoms with E-state index in [1.807, 2.05) is 30.3 Å². The maximum Gasteiger partial charge on any atom is 0.197 e. The third-order valence-electron chi connectivity index (χ3n) is 4.97. The van der Waals surface area contributed by atoms with Crippen molar-refractivity contribution in [3.63, 3.8) is 0 Å². The van der Waals surface area contributed by atoms with E-state index in [0.717, 1.165) is 27.7 Å². The van der Waals surface area contributed by atoms with Crippen molar-refractivity contribution in [2.75, 3.05) is 10.6 Å². The molecule has 27 heavy (non-hydrogen) atoms. The van der Waals surface area contributed by atoms with Crippen molar-refractivity contribution in [1.29, 1.82) is 5.41 Å². The predicted octanol–water partition coefficient (Wildman–Crippen LogP) is 5.64. The molecule has 0 saturated carbocycles. The van der Waals surface area contributed by atoms with Crippen LogP contribution in [0.3, 0.4) is 0 Å². The molecular formula is C23H17N3O. The van der Waals surface area contributed by atoms with Gasteiger partial charge in [0.15, 0.2) is 5.96 Å². The van der Waals surface area contributed by atoms with Crippen molar-refractivity contribution in [2.24, 2.45) is 0 Å². The second-order valence-corrected chi connectivity index (χ2v) is 6.61. The van der Waals surface area contributed by atoms with E-state index in [9.17, 15) is 5.11 Å². The smallest absolute Gasteiger partial charge is 0.197 e. The molecule has 4 aromatic carbocycles. The van der Waals surface area contributed by atoms with Crippen LogP contribution in [0.4, 0.5) is 11.4 Å². The quantitative estimate of drug-likeness (QED) is 0.189. The van der Waals surface area contributed by atoms with Gasteiger partial charge in [-0.05, 0) is 34.5 Å². The molecule has 0 amide bonds. The van der Waals surface area contributed by atoms with Crippen LogP contribution < -0.4 is 10.6 Å². The monoisotopic (exact) mass is 351 g/mol. The number of guanidine groups is 1. The van der Waals surface area contributed by atoms with Crippen LogP contribution in [0.25, 0.3) is 33.7 Å². The number of phenolic OH excluding ortho intramolecular Hbond substituents is 1. The molecule has 4 nitrogen and oxygen atoms in total. The van der Waals surface area contributed by atoms with Gasteiger partial charge in [-0.25, -0.2) is 0 Å². The summed E-state index contributed by atoms with van der Waals surface area (Å²) >= 11 is 0. The maximum atomic E-state index is 10.0. The largest absolute Gasteiger partial charge is 0.507 e. The van der Waals surface area contributed by atoms with Crippen LogP contribution in [-0.4, -0.2) is 11.1 Å². The summed E-state index contributed by atoms with van der Waals surface area (Å²) in [5, 5.41) is 28.7. The Bertz CT molecular complexity index is 1260. The number of rotatable bonds is 2. The zero-order chi connectivity index (χ0) is 18.4. The number of phenols is 1. The van der Waals surface area contributed by atoms with Crippen LogP contribution in [0.1, 0.15) is 11.1 Å². The molecule has 0 unspecified atom stereocenters. The lowest BCUT2D eigenvalue weighted by molar-refractivity contribution is 0.481. The molecule has 0 atom stereocenters. The van der Waals surface area contributed by atoms with Crippen molar-refractivity contribution >= 4 is 51.0 Å². The van der Waals surface area contributed by atoms with Crippen molar-refractivity contribution in [2.45, 2.75) is 0 Å². The third kappa shape index (κ3) is 2.50. The molecule has 4 N–H and O–H groups in total. The molecule has 0 aliphatic heterocycles. The van der Waals surface area contributed by atoms with Crippen molar-refractivity contribution < 1.29 is 5.11 Å². The molecule has 0 bridgehead atoms. The van der Waals surface area contributed by atoms with Crippen LogP contribution in [-0.2, 0) is 0 Å². The van der Waals surface area contributed by atoms with Gasteiger partial charge in [0.2, 0.25) is 0 Å². The second-order valence-electron chi connectivity index (χ2n) is 6.61. The summed E-state index contributed by atoms with van der Waals surface area (Å²) in [5.41, 5.74) is 3.97. The van der Waals surface area contributed by atoms with Crippen molar-refractivity contribution in [3.8, 4) is 5.75 Å². The van der Waals surface area contributed by atoms with Gasteiger partial charge in [0, 0.05) is 27.7 Å². The number of nitrogens with one attached hydrogen (secondary N) is 3. The minimum Gasteiger partial charge on any atom is -0.507 e. The Morgan fingerprint density at radius 3 is 2.41 bits per heavy atom. The Morgan fingerprint density at radius 2 is 1.52 bits per heavy atom. The molecule has 5 rings (SSSR count). The van der Waals surface area contributed by atoms with Gasteiger partial charge in [-0.15, -0.1) is 0 Å². The zero-order valence-corrected chi connectivity index (χ0v) is 14.5. The van der Waals surface area contributed by atoms with Crippen LogP contribution in [0.15, 0.2) is 66.7 Å². The lowest BCUT2D eigenvalue weighted by Crippen LogP contribution is -2.21. The number of fused-ring (bicyclic) bond motifs is 1. The second kappa shape index (κ2) is 5.88. The van der Waals surface area contributed by atoms with Crippen molar-refractivity contribution in [1.82, 2.24) is 0 Å². The summed E-state index contributed by atoms with van der Waals surface area (Å²) in [6.45, 7) is 0. The molecule has 0 saturated heterocycles. The van der Waals surface area contributed by atoms with Gasteiger partial charge in [-0.3, -0.25) is 5.41 Å². The van der Waals surface area contributed by atoms with Gasteiger partial charge in [0.25, 0.3) is 0 Å². The molecule has 130 valence electrons. The minimum absolute atomic E-state index is 0.180. The van der Waals surface area contributed by atoms with E-state index in [2.05, 4.69) is 47.1 Å². The number of benzene rings is 4. The van der Waals surface area contributed by atoms with E-state index in [1.54, 1.807) is 12.1 Å². The topological polar surface area (TPSA) is 68.1 Å². The number of hydrogen-bond donors (Lipinski definition) is 4. The standard InChI is InChI=1S/C23H17N3O/c24-23(25-19-12-13-21(27)17-7-2-1-6-16(17)19)26-20-11-9-15-5-3-4-14-8-10-18(20)22(14)15/h1-13,27H,(H3,24,25,26). The average Bonchev–Trinajstić information content (AvgIpc) is 3.13. The summed E-state index contributed by atoms with van der Waals surface area (Å²) in [6, 6.07) is 21.4. The summed E-state index contributed by atoms with van der Waals surface area (Å²) in [4.78, 5) is 0. The first-order chi connectivity index (χ1) is 13.2. The van der Waals surface area contributed by atoms with E-state index in [-0.39, 0.29) is 11.7 Å². The minimum atomic E-state index is 0.180. The molecule has 4 aromatic rings. The van der Waals surface area contributed by atoms with Gasteiger partial charge in [0.05, 0.1) is 0 Å². The highest BCUT2D eigenvalue weighted by atomic mass is 16.3. The summed E-state index contributed by atoms with van der Waals surface area (Å²) in [7, 11) is 0. The SMILES string of the molecule is N=C(Nc1ccc2cccc3c2c1C=C3)Nc1ccc(O)c2ccccc12. The molecule has 0 aromatic heterocycles. The zero-order valence-electron chi connectivity index (χ0n) is 14.5. The van der Waals surface area contributed by atoms with Gasteiger partial charge < -0.3 is 15.7 Å². The highest BCUT2D eigenvalue weighted by Gasteiger charge is 2.14. The Balaban J connectivity index is 1.47. The number of aromatic hydroxyl groups is 1. The van der Waals surface area contributed by atoms with E-state index < -0.39 is 0 Å². The van der Waals surface area contributed by atoms with E-state index in [1.165, 1.54) is 16.3 Å². The lowest BCUT2D eigenvalue weighted by atomic mass is 10.0. The lowest BCUT2D eigenvalue weighted by Gasteiger charge is -2.15. The number of anilines is 2. The fourth-order valence-corrected chi connectivity index (χ4v) is 3.72. The normalized spacial score (nSPS) is 11.9. The molecular weight excluding hydrogens is 334 g/mol. The fraction of sp³-hybridized carbons (Fsp3) is 0. The molecule has 0 fully saturated rings. The first-order valence-electron chi connectivity index (χ1n) is 8.78. The Kier molecular flexibility index (Phi) is 3.37. The average molecular weight is 351 g/mol. The molecule has 1 aliphatic carbocycles. The van der Waals surface area contributed by atoms with Crippen LogP contribution in [0.5, 0.6) is 5.75 Å². The van der Waals surface area contributed by atoms with Crippen LogP contribution in [0, 0.1) is 5.41 Å². The predicted molar refractivity (Wildman–Crippen MR) is 113 cm³/mol. The molecule has 0 heterocycles. The maximum absolute atomic E-state index is 10.0. The van der Waals surface area contributed by atoms with E-state index >= 15 is 0 Å². The van der Waals surface area contributed by atoms with Crippen LogP contribution in [0.2, 0.25) is 0 Å². The van der Waals surface area contributed by atoms with Gasteiger partial charge in [-0.1, -0.05) is 60.7 Å². The molecule has 1 aliphatic rings. The third-order valence-corrected chi connectivity index (χ3v) is 4.97. The highest BCUT2D eigenvalue weighted by molar-refractivity contribution is 6.13. The Labute approximate surface area is 156 Å². The molecule has 0 spiro atoms. The van der Waals surface area contributed by atoms with Gasteiger partial charge >= 0.3 is 0 Å². The van der Waals surface area contributed by atoms with E-state index in [4.69, 9.17) is 5.41 Å².